The van der Waals surface area contributed by atoms with Crippen LogP contribution in [0.3, 0.4) is 0 Å². The first-order valence-electron chi connectivity index (χ1n) is 8.08. The molecule has 1 heterocycles. The average Bonchev–Trinajstić information content (AvgIpc) is 3.02. The van der Waals surface area contributed by atoms with Gasteiger partial charge in [-0.1, -0.05) is 6.07 Å². The predicted molar refractivity (Wildman–Crippen MR) is 91.6 cm³/mol. The number of ketones is 1. The van der Waals surface area contributed by atoms with Gasteiger partial charge in [-0.05, 0) is 55.7 Å². The van der Waals surface area contributed by atoms with E-state index in [4.69, 9.17) is 0 Å². The van der Waals surface area contributed by atoms with E-state index in [0.29, 0.717) is 18.2 Å². The third-order valence-corrected chi connectivity index (χ3v) is 4.42. The van der Waals surface area contributed by atoms with Gasteiger partial charge in [0.15, 0.2) is 5.78 Å². The van der Waals surface area contributed by atoms with Gasteiger partial charge in [0.1, 0.15) is 11.6 Å². The van der Waals surface area contributed by atoms with E-state index in [0.717, 1.165) is 25.2 Å². The lowest BCUT2D eigenvalue weighted by Crippen LogP contribution is -2.22. The van der Waals surface area contributed by atoms with Crippen LogP contribution in [-0.2, 0) is 0 Å². The maximum absolute atomic E-state index is 13.8. The van der Waals surface area contributed by atoms with Crippen molar-refractivity contribution >= 4 is 17.2 Å². The van der Waals surface area contributed by atoms with Gasteiger partial charge in [-0.3, -0.25) is 4.79 Å². The second-order valence-electron chi connectivity index (χ2n) is 6.18. The highest BCUT2D eigenvalue weighted by Crippen LogP contribution is 2.25. The van der Waals surface area contributed by atoms with E-state index >= 15 is 0 Å². The molecule has 2 aromatic rings. The van der Waals surface area contributed by atoms with Crippen molar-refractivity contribution in [3.8, 4) is 0 Å². The van der Waals surface area contributed by atoms with Crippen molar-refractivity contribution < 1.29 is 13.6 Å². The Labute approximate surface area is 140 Å². The lowest BCUT2D eigenvalue weighted by molar-refractivity contribution is 0.101. The Kier molecular flexibility index (Phi) is 4.79. The molecule has 1 atom stereocenters. The molecule has 0 spiro atoms. The number of benzene rings is 2. The fourth-order valence-corrected chi connectivity index (χ4v) is 3.17. The number of carbonyl (C=O) groups is 1. The molecule has 1 fully saturated rings. The fraction of sp³-hybridized carbons (Fsp3) is 0.316. The van der Waals surface area contributed by atoms with Gasteiger partial charge in [0, 0.05) is 31.0 Å². The standard InChI is InChI=1S/C19H20F2N2O/c1-13(24)19-17(21)3-2-4-18(19)22-11-14-9-10-23(12-14)16-7-5-15(20)6-8-16/h2-8,14,22H,9-12H2,1H3. The summed E-state index contributed by atoms with van der Waals surface area (Å²) in [6.45, 7) is 3.79. The van der Waals surface area contributed by atoms with E-state index in [-0.39, 0.29) is 17.2 Å². The third kappa shape index (κ3) is 3.55. The average molecular weight is 330 g/mol. The molecule has 1 aliphatic rings. The molecule has 0 amide bonds. The summed E-state index contributed by atoms with van der Waals surface area (Å²) in [4.78, 5) is 13.8. The number of halogens is 2. The molecule has 1 N–H and O–H groups in total. The smallest absolute Gasteiger partial charge is 0.164 e. The molecule has 0 radical (unpaired) electrons. The van der Waals surface area contributed by atoms with Gasteiger partial charge in [0.25, 0.3) is 0 Å². The summed E-state index contributed by atoms with van der Waals surface area (Å²) in [6.07, 6.45) is 0.995. The first-order valence-corrected chi connectivity index (χ1v) is 8.08. The highest BCUT2D eigenvalue weighted by Gasteiger charge is 2.23. The summed E-state index contributed by atoms with van der Waals surface area (Å²) >= 11 is 0. The number of Topliss-reactive ketones (excluding diaryl/α,β-unsaturated/α-hetero) is 1. The molecule has 126 valence electrons. The number of hydrogen-bond acceptors (Lipinski definition) is 3. The third-order valence-electron chi connectivity index (χ3n) is 4.42. The van der Waals surface area contributed by atoms with Crippen LogP contribution >= 0.6 is 0 Å². The van der Waals surface area contributed by atoms with Crippen LogP contribution < -0.4 is 10.2 Å². The molecule has 0 aromatic heterocycles. The Morgan fingerprint density at radius 3 is 2.67 bits per heavy atom. The summed E-state index contributed by atoms with van der Waals surface area (Å²) in [5.74, 6) is -0.626. The van der Waals surface area contributed by atoms with E-state index in [9.17, 15) is 13.6 Å². The summed E-state index contributed by atoms with van der Waals surface area (Å²) in [6, 6.07) is 11.1. The van der Waals surface area contributed by atoms with Gasteiger partial charge >= 0.3 is 0 Å². The van der Waals surface area contributed by atoms with Crippen molar-refractivity contribution in [1.29, 1.82) is 0 Å². The lowest BCUT2D eigenvalue weighted by atomic mass is 10.1. The van der Waals surface area contributed by atoms with Gasteiger partial charge in [-0.2, -0.15) is 0 Å². The fourth-order valence-electron chi connectivity index (χ4n) is 3.17. The van der Waals surface area contributed by atoms with Gasteiger partial charge < -0.3 is 10.2 Å². The van der Waals surface area contributed by atoms with Crippen LogP contribution in [0.2, 0.25) is 0 Å². The quantitative estimate of drug-likeness (QED) is 0.838. The van der Waals surface area contributed by atoms with Crippen molar-refractivity contribution in [2.45, 2.75) is 13.3 Å². The molecule has 2 aromatic carbocycles. The second-order valence-corrected chi connectivity index (χ2v) is 6.18. The van der Waals surface area contributed by atoms with Crippen molar-refractivity contribution in [1.82, 2.24) is 0 Å². The van der Waals surface area contributed by atoms with Gasteiger partial charge in [-0.15, -0.1) is 0 Å². The molecular formula is C19H20F2N2O. The number of nitrogens with zero attached hydrogens (tertiary/aromatic N) is 1. The molecule has 1 aliphatic heterocycles. The zero-order chi connectivity index (χ0) is 17.1. The molecule has 0 aliphatic carbocycles. The molecule has 5 heteroatoms. The Balaban J connectivity index is 1.62. The number of rotatable bonds is 5. The number of hydrogen-bond donors (Lipinski definition) is 1. The zero-order valence-corrected chi connectivity index (χ0v) is 13.6. The Morgan fingerprint density at radius 2 is 1.96 bits per heavy atom. The van der Waals surface area contributed by atoms with Crippen LogP contribution in [0.25, 0.3) is 0 Å². The number of nitrogens with one attached hydrogen (secondary N) is 1. The van der Waals surface area contributed by atoms with Crippen LogP contribution in [0.4, 0.5) is 20.2 Å². The van der Waals surface area contributed by atoms with E-state index in [1.165, 1.54) is 25.1 Å². The summed E-state index contributed by atoms with van der Waals surface area (Å²) in [5, 5.41) is 3.21. The van der Waals surface area contributed by atoms with E-state index < -0.39 is 5.82 Å². The van der Waals surface area contributed by atoms with Crippen molar-refractivity contribution in [2.75, 3.05) is 29.9 Å². The van der Waals surface area contributed by atoms with Gasteiger partial charge in [0.05, 0.1) is 5.56 Å². The monoisotopic (exact) mass is 330 g/mol. The molecule has 0 saturated carbocycles. The van der Waals surface area contributed by atoms with E-state index in [2.05, 4.69) is 10.2 Å². The molecule has 24 heavy (non-hydrogen) atoms. The van der Waals surface area contributed by atoms with E-state index in [1.807, 2.05) is 0 Å². The summed E-state index contributed by atoms with van der Waals surface area (Å²) in [7, 11) is 0. The molecule has 1 saturated heterocycles. The highest BCUT2D eigenvalue weighted by molar-refractivity contribution is 5.99. The van der Waals surface area contributed by atoms with Crippen molar-refractivity contribution in [2.24, 2.45) is 5.92 Å². The van der Waals surface area contributed by atoms with Crippen LogP contribution in [0.1, 0.15) is 23.7 Å². The van der Waals surface area contributed by atoms with Gasteiger partial charge in [-0.25, -0.2) is 8.78 Å². The van der Waals surface area contributed by atoms with Crippen molar-refractivity contribution in [3.05, 3.63) is 59.7 Å². The van der Waals surface area contributed by atoms with Crippen LogP contribution in [0, 0.1) is 17.6 Å². The second kappa shape index (κ2) is 6.99. The van der Waals surface area contributed by atoms with Crippen LogP contribution in [0.5, 0.6) is 0 Å². The first kappa shape index (κ1) is 16.4. The largest absolute Gasteiger partial charge is 0.384 e. The Bertz CT molecular complexity index is 731. The van der Waals surface area contributed by atoms with Gasteiger partial charge in [0.2, 0.25) is 0 Å². The normalized spacial score (nSPS) is 17.1. The SMILES string of the molecule is CC(=O)c1c(F)cccc1NCC1CCN(c2ccc(F)cc2)C1. The Morgan fingerprint density at radius 1 is 1.21 bits per heavy atom. The minimum atomic E-state index is -0.494. The summed E-state index contributed by atoms with van der Waals surface area (Å²) < 4.78 is 26.8. The van der Waals surface area contributed by atoms with Crippen LogP contribution in [0.15, 0.2) is 42.5 Å². The molecular weight excluding hydrogens is 310 g/mol. The van der Waals surface area contributed by atoms with Crippen molar-refractivity contribution in [3.63, 3.8) is 0 Å². The topological polar surface area (TPSA) is 32.3 Å². The first-order chi connectivity index (χ1) is 11.5. The summed E-state index contributed by atoms with van der Waals surface area (Å²) in [5.41, 5.74) is 1.67. The highest BCUT2D eigenvalue weighted by atomic mass is 19.1. The van der Waals surface area contributed by atoms with E-state index in [1.54, 1.807) is 24.3 Å². The minimum absolute atomic E-state index is 0.117. The predicted octanol–water partition coefficient (Wildman–Crippen LogP) is 4.11. The molecule has 0 bridgehead atoms. The number of anilines is 2. The lowest BCUT2D eigenvalue weighted by Gasteiger charge is -2.19. The maximum atomic E-state index is 13.8. The Hall–Kier alpha value is -2.43. The van der Waals surface area contributed by atoms with Crippen LogP contribution in [-0.4, -0.2) is 25.4 Å². The number of carbonyl (C=O) groups excluding carboxylic acids is 1. The molecule has 3 nitrogen and oxygen atoms in total. The molecule has 1 unspecified atom stereocenters. The molecule has 3 rings (SSSR count). The minimum Gasteiger partial charge on any atom is -0.384 e. The maximum Gasteiger partial charge on any atom is 0.164 e. The zero-order valence-electron chi connectivity index (χ0n) is 13.6.